The van der Waals surface area contributed by atoms with Crippen molar-refractivity contribution in [1.82, 2.24) is 34.3 Å². The number of hydrogen-bond donors (Lipinski definition) is 1. The molecule has 0 amide bonds. The van der Waals surface area contributed by atoms with Crippen LogP contribution < -0.4 is 10.6 Å². The first-order valence-corrected chi connectivity index (χ1v) is 9.43. The highest BCUT2D eigenvalue weighted by Gasteiger charge is 2.32. The quantitative estimate of drug-likeness (QED) is 0.534. The molecule has 156 valence electrons. The Balaban J connectivity index is 1.50. The van der Waals surface area contributed by atoms with Gasteiger partial charge in [-0.25, -0.2) is 0 Å². The predicted octanol–water partition coefficient (Wildman–Crippen LogP) is 2.39. The fraction of sp³-hybridized carbons (Fsp3) is 0.389. The third kappa shape index (κ3) is 2.99. The number of halogens is 3. The van der Waals surface area contributed by atoms with Crippen molar-refractivity contribution in [3.63, 3.8) is 0 Å². The van der Waals surface area contributed by atoms with Crippen LogP contribution in [-0.4, -0.2) is 47.4 Å². The molecule has 5 rings (SSSR count). The highest BCUT2D eigenvalue weighted by Crippen LogP contribution is 2.32. The van der Waals surface area contributed by atoms with Crippen molar-refractivity contribution in [3.8, 4) is 0 Å². The van der Waals surface area contributed by atoms with E-state index in [1.807, 2.05) is 4.90 Å². The van der Waals surface area contributed by atoms with Crippen LogP contribution in [0.25, 0.3) is 16.7 Å². The standard InChI is InChI=1S/C18H18F3N9/c1-28-16-12(7-23-28)14(22)24-17(25-16)29-6-2-3-10(8-29)15-27-26-13-5-4-11(9-30(13)15)18(19,20)21/h4-5,7,9-10H,2-3,6,8H2,1H3,(H2,22,24,25). The van der Waals surface area contributed by atoms with E-state index in [1.54, 1.807) is 17.9 Å². The smallest absolute Gasteiger partial charge is 0.383 e. The summed E-state index contributed by atoms with van der Waals surface area (Å²) in [5.41, 5.74) is 6.35. The minimum atomic E-state index is -4.43. The summed E-state index contributed by atoms with van der Waals surface area (Å²) in [4.78, 5) is 11.0. The molecule has 1 atom stereocenters. The molecule has 1 aliphatic heterocycles. The summed E-state index contributed by atoms with van der Waals surface area (Å²) in [6, 6.07) is 2.35. The Kier molecular flexibility index (Phi) is 4.05. The Morgan fingerprint density at radius 2 is 2.00 bits per heavy atom. The fourth-order valence-corrected chi connectivity index (χ4v) is 3.90. The number of pyridine rings is 1. The van der Waals surface area contributed by atoms with Crippen molar-refractivity contribution < 1.29 is 13.2 Å². The van der Waals surface area contributed by atoms with Crippen LogP contribution >= 0.6 is 0 Å². The van der Waals surface area contributed by atoms with Crippen molar-refractivity contribution in [1.29, 1.82) is 0 Å². The Bertz CT molecular complexity index is 1240. The van der Waals surface area contributed by atoms with Crippen molar-refractivity contribution in [2.75, 3.05) is 23.7 Å². The number of nitrogens with zero attached hydrogens (tertiary/aromatic N) is 8. The lowest BCUT2D eigenvalue weighted by atomic mass is 9.97. The van der Waals surface area contributed by atoms with Gasteiger partial charge in [0.25, 0.3) is 0 Å². The topological polar surface area (TPSA) is 103 Å². The molecule has 0 saturated carbocycles. The lowest BCUT2D eigenvalue weighted by Gasteiger charge is -2.32. The molecular formula is C18H18F3N9. The van der Waals surface area contributed by atoms with Crippen molar-refractivity contribution in [2.45, 2.75) is 24.9 Å². The lowest BCUT2D eigenvalue weighted by molar-refractivity contribution is -0.137. The molecule has 1 unspecified atom stereocenters. The maximum atomic E-state index is 13.2. The third-order valence-corrected chi connectivity index (χ3v) is 5.44. The minimum absolute atomic E-state index is 0.121. The summed E-state index contributed by atoms with van der Waals surface area (Å²) in [7, 11) is 1.78. The molecule has 0 bridgehead atoms. The molecule has 4 aromatic rings. The molecule has 1 fully saturated rings. The Labute approximate surface area is 168 Å². The van der Waals surface area contributed by atoms with Gasteiger partial charge >= 0.3 is 6.18 Å². The van der Waals surface area contributed by atoms with Gasteiger partial charge in [-0.1, -0.05) is 0 Å². The van der Waals surface area contributed by atoms with Crippen LogP contribution in [0, 0.1) is 0 Å². The molecule has 0 aromatic carbocycles. The van der Waals surface area contributed by atoms with E-state index in [1.165, 1.54) is 10.5 Å². The van der Waals surface area contributed by atoms with Crippen LogP contribution in [0.15, 0.2) is 24.5 Å². The molecule has 0 spiro atoms. The van der Waals surface area contributed by atoms with Gasteiger partial charge in [0.15, 0.2) is 11.3 Å². The van der Waals surface area contributed by atoms with Gasteiger partial charge in [0, 0.05) is 32.3 Å². The number of nitrogens with two attached hydrogens (primary N) is 1. The molecule has 12 heteroatoms. The number of piperidine rings is 1. The number of aromatic nitrogens is 7. The van der Waals surface area contributed by atoms with Gasteiger partial charge in [-0.05, 0) is 25.0 Å². The van der Waals surface area contributed by atoms with Crippen LogP contribution in [0.4, 0.5) is 24.9 Å². The molecule has 1 saturated heterocycles. The molecular weight excluding hydrogens is 399 g/mol. The van der Waals surface area contributed by atoms with Crippen LogP contribution in [0.5, 0.6) is 0 Å². The zero-order valence-corrected chi connectivity index (χ0v) is 16.0. The number of alkyl halides is 3. The average molecular weight is 417 g/mol. The van der Waals surface area contributed by atoms with Crippen molar-refractivity contribution in [2.24, 2.45) is 7.05 Å². The first-order valence-electron chi connectivity index (χ1n) is 9.43. The monoisotopic (exact) mass is 417 g/mol. The van der Waals surface area contributed by atoms with E-state index in [4.69, 9.17) is 5.73 Å². The maximum Gasteiger partial charge on any atom is 0.417 e. The Morgan fingerprint density at radius 1 is 1.17 bits per heavy atom. The van der Waals surface area contributed by atoms with Gasteiger partial charge in [-0.15, -0.1) is 10.2 Å². The molecule has 1 aliphatic rings. The molecule has 0 radical (unpaired) electrons. The second-order valence-corrected chi connectivity index (χ2v) is 7.40. The van der Waals surface area contributed by atoms with E-state index in [-0.39, 0.29) is 5.92 Å². The third-order valence-electron chi connectivity index (χ3n) is 5.44. The Hall–Kier alpha value is -3.44. The van der Waals surface area contributed by atoms with E-state index in [2.05, 4.69) is 25.3 Å². The number of aryl methyl sites for hydroxylation is 1. The summed E-state index contributed by atoms with van der Waals surface area (Å²) in [5.74, 6) is 1.19. The number of nitrogen functional groups attached to an aromatic ring is 1. The van der Waals surface area contributed by atoms with Gasteiger partial charge in [0.2, 0.25) is 5.95 Å². The molecule has 5 heterocycles. The molecule has 0 aliphatic carbocycles. The lowest BCUT2D eigenvalue weighted by Crippen LogP contribution is -2.36. The highest BCUT2D eigenvalue weighted by atomic mass is 19.4. The second kappa shape index (κ2) is 6.54. The number of rotatable bonds is 2. The SMILES string of the molecule is Cn1ncc2c(N)nc(N3CCCC(c4nnc5ccc(C(F)(F)F)cn45)C3)nc21. The van der Waals surface area contributed by atoms with Gasteiger partial charge in [-0.3, -0.25) is 9.08 Å². The predicted molar refractivity (Wildman–Crippen MR) is 103 cm³/mol. The summed E-state index contributed by atoms with van der Waals surface area (Å²) in [6.07, 6.45) is -0.172. The van der Waals surface area contributed by atoms with Crippen LogP contribution in [0.1, 0.15) is 30.1 Å². The summed E-state index contributed by atoms with van der Waals surface area (Å²) in [6.45, 7) is 1.21. The van der Waals surface area contributed by atoms with E-state index >= 15 is 0 Å². The largest absolute Gasteiger partial charge is 0.417 e. The van der Waals surface area contributed by atoms with Gasteiger partial charge in [0.05, 0.1) is 17.1 Å². The molecule has 2 N–H and O–H groups in total. The fourth-order valence-electron chi connectivity index (χ4n) is 3.90. The van der Waals surface area contributed by atoms with E-state index in [0.29, 0.717) is 47.4 Å². The number of hydrogen-bond acceptors (Lipinski definition) is 7. The van der Waals surface area contributed by atoms with Crippen molar-refractivity contribution in [3.05, 3.63) is 35.9 Å². The zero-order valence-electron chi connectivity index (χ0n) is 16.0. The van der Waals surface area contributed by atoms with E-state index < -0.39 is 11.7 Å². The average Bonchev–Trinajstić information content (AvgIpc) is 3.31. The zero-order chi connectivity index (χ0) is 21.0. The summed E-state index contributed by atoms with van der Waals surface area (Å²) >= 11 is 0. The summed E-state index contributed by atoms with van der Waals surface area (Å²) < 4.78 is 42.5. The number of anilines is 2. The molecule has 4 aromatic heterocycles. The van der Waals surface area contributed by atoms with Crippen LogP contribution in [0.2, 0.25) is 0 Å². The normalized spacial score (nSPS) is 17.9. The second-order valence-electron chi connectivity index (χ2n) is 7.40. The highest BCUT2D eigenvalue weighted by molar-refractivity contribution is 5.86. The van der Waals surface area contributed by atoms with E-state index in [0.717, 1.165) is 25.1 Å². The molecule has 30 heavy (non-hydrogen) atoms. The van der Waals surface area contributed by atoms with E-state index in [9.17, 15) is 13.2 Å². The maximum absolute atomic E-state index is 13.2. The molecule has 9 nitrogen and oxygen atoms in total. The van der Waals surface area contributed by atoms with Gasteiger partial charge < -0.3 is 10.6 Å². The Morgan fingerprint density at radius 3 is 2.80 bits per heavy atom. The first-order chi connectivity index (χ1) is 14.3. The minimum Gasteiger partial charge on any atom is -0.383 e. The van der Waals surface area contributed by atoms with Gasteiger partial charge in [-0.2, -0.15) is 28.2 Å². The first kappa shape index (κ1) is 18.6. The van der Waals surface area contributed by atoms with Crippen LogP contribution in [0.3, 0.4) is 0 Å². The van der Waals surface area contributed by atoms with Crippen molar-refractivity contribution >= 4 is 28.4 Å². The summed E-state index contributed by atoms with van der Waals surface area (Å²) in [5, 5.41) is 13.1. The number of fused-ring (bicyclic) bond motifs is 2. The van der Waals surface area contributed by atoms with Gasteiger partial charge in [0.1, 0.15) is 11.6 Å². The van der Waals surface area contributed by atoms with Crippen LogP contribution in [-0.2, 0) is 13.2 Å².